The fourth-order valence-electron chi connectivity index (χ4n) is 7.20. The van der Waals surface area contributed by atoms with E-state index in [0.717, 1.165) is 60.2 Å². The number of nitrogens with zero attached hydrogens (tertiary/aromatic N) is 2. The standard InChI is InChI=1S/C41H44ClFN4O3/c1-2-3-17-32(39(44)48)33(23-27-11-9-12-27)40(49)45-36-26-46(31-15-5-4-6-16-31)37-18-7-8-19-38(37)47(41(36)50)25-28-13-10-14-29(22-28)30-20-21-35(43)34(42)24-30/h4-8,10,13-16,18-22,24,27,32-33,36H,2-3,9,11-12,17,23,25-26H2,1H3,(H2,44,48)(H,45,49). The van der Waals surface area contributed by atoms with E-state index in [1.54, 1.807) is 17.0 Å². The van der Waals surface area contributed by atoms with Crippen molar-refractivity contribution in [2.45, 2.75) is 64.5 Å². The van der Waals surface area contributed by atoms with E-state index in [9.17, 15) is 18.8 Å². The SMILES string of the molecule is CCCCC(C(N)=O)C(CC1CCC1)C(=O)NC1CN(c2ccccc2)c2ccccc2N(Cc2cccc(-c3ccc(F)c(Cl)c3)c2)C1=O. The number of amides is 3. The number of rotatable bonds is 13. The van der Waals surface area contributed by atoms with Gasteiger partial charge in [0, 0.05) is 17.5 Å². The minimum Gasteiger partial charge on any atom is -0.369 e. The van der Waals surface area contributed by atoms with Crippen molar-refractivity contribution >= 4 is 46.4 Å². The first kappa shape index (κ1) is 35.1. The number of nitrogens with two attached hydrogens (primary N) is 1. The average Bonchev–Trinajstić information content (AvgIpc) is 3.21. The molecule has 4 aromatic carbocycles. The number of unbranched alkanes of at least 4 members (excludes halogenated alkanes) is 1. The summed E-state index contributed by atoms with van der Waals surface area (Å²) in [6, 6.07) is 29.0. The molecule has 1 aliphatic heterocycles. The third-order valence-electron chi connectivity index (χ3n) is 10.2. The highest BCUT2D eigenvalue weighted by atomic mass is 35.5. The van der Waals surface area contributed by atoms with Crippen LogP contribution in [0.1, 0.15) is 57.4 Å². The van der Waals surface area contributed by atoms with Gasteiger partial charge in [0.2, 0.25) is 11.8 Å². The lowest BCUT2D eigenvalue weighted by atomic mass is 9.73. The summed E-state index contributed by atoms with van der Waals surface area (Å²) in [5.74, 6) is -2.36. The summed E-state index contributed by atoms with van der Waals surface area (Å²) >= 11 is 6.10. The molecule has 1 saturated carbocycles. The maximum absolute atomic E-state index is 14.8. The van der Waals surface area contributed by atoms with Gasteiger partial charge in [-0.1, -0.05) is 105 Å². The van der Waals surface area contributed by atoms with Crippen LogP contribution in [0.5, 0.6) is 0 Å². The Hall–Kier alpha value is -4.69. The number of halogens is 2. The molecule has 0 spiro atoms. The van der Waals surface area contributed by atoms with Gasteiger partial charge in [-0.25, -0.2) is 4.39 Å². The predicted octanol–water partition coefficient (Wildman–Crippen LogP) is 8.41. The van der Waals surface area contributed by atoms with Gasteiger partial charge in [0.1, 0.15) is 11.9 Å². The largest absolute Gasteiger partial charge is 0.369 e. The Morgan fingerprint density at radius 2 is 1.64 bits per heavy atom. The Labute approximate surface area is 298 Å². The Bertz CT molecular complexity index is 1830. The summed E-state index contributed by atoms with van der Waals surface area (Å²) in [7, 11) is 0. The first-order valence-corrected chi connectivity index (χ1v) is 18.0. The Morgan fingerprint density at radius 3 is 2.32 bits per heavy atom. The Balaban J connectivity index is 1.37. The summed E-state index contributed by atoms with van der Waals surface area (Å²) in [5.41, 5.74) is 10.8. The van der Waals surface area contributed by atoms with E-state index in [1.807, 2.05) is 78.9 Å². The molecule has 1 aliphatic carbocycles. The van der Waals surface area contributed by atoms with Crippen LogP contribution in [0.3, 0.4) is 0 Å². The van der Waals surface area contributed by atoms with Crippen LogP contribution < -0.4 is 20.9 Å². The molecule has 0 aromatic heterocycles. The molecule has 3 amide bonds. The highest BCUT2D eigenvalue weighted by Gasteiger charge is 2.40. The van der Waals surface area contributed by atoms with Gasteiger partial charge in [-0.15, -0.1) is 0 Å². The van der Waals surface area contributed by atoms with Gasteiger partial charge in [-0.3, -0.25) is 14.4 Å². The van der Waals surface area contributed by atoms with E-state index in [2.05, 4.69) is 17.1 Å². The van der Waals surface area contributed by atoms with Crippen molar-refractivity contribution in [2.75, 3.05) is 16.3 Å². The molecule has 1 fully saturated rings. The molecule has 3 atom stereocenters. The van der Waals surface area contributed by atoms with Crippen LogP contribution in [-0.4, -0.2) is 30.3 Å². The summed E-state index contributed by atoms with van der Waals surface area (Å²) in [5, 5.41) is 3.18. The highest BCUT2D eigenvalue weighted by molar-refractivity contribution is 6.31. The van der Waals surface area contributed by atoms with Crippen molar-refractivity contribution in [2.24, 2.45) is 23.5 Å². The molecule has 0 bridgehead atoms. The minimum absolute atomic E-state index is 0.0352. The average molecular weight is 695 g/mol. The van der Waals surface area contributed by atoms with Gasteiger partial charge in [0.05, 0.1) is 29.5 Å². The molecule has 3 N–H and O–H groups in total. The van der Waals surface area contributed by atoms with Crippen molar-refractivity contribution < 1.29 is 18.8 Å². The second-order valence-corrected chi connectivity index (χ2v) is 13.9. The predicted molar refractivity (Wildman–Crippen MR) is 198 cm³/mol. The van der Waals surface area contributed by atoms with Crippen LogP contribution in [0.4, 0.5) is 21.5 Å². The number of anilines is 3. The summed E-state index contributed by atoms with van der Waals surface area (Å²) in [4.78, 5) is 45.7. The molecule has 7 nitrogen and oxygen atoms in total. The van der Waals surface area contributed by atoms with Crippen molar-refractivity contribution in [3.63, 3.8) is 0 Å². The lowest BCUT2D eigenvalue weighted by Crippen LogP contribution is -2.54. The number of carbonyl (C=O) groups is 3. The number of benzene rings is 4. The fourth-order valence-corrected chi connectivity index (χ4v) is 7.38. The molecule has 3 unspecified atom stereocenters. The van der Waals surface area contributed by atoms with Crippen LogP contribution >= 0.6 is 11.6 Å². The summed E-state index contributed by atoms with van der Waals surface area (Å²) < 4.78 is 13.9. The second-order valence-electron chi connectivity index (χ2n) is 13.5. The number of primary amides is 1. The van der Waals surface area contributed by atoms with E-state index in [0.29, 0.717) is 24.4 Å². The van der Waals surface area contributed by atoms with Crippen LogP contribution in [0.15, 0.2) is 97.1 Å². The summed E-state index contributed by atoms with van der Waals surface area (Å²) in [6.07, 6.45) is 5.97. The van der Waals surface area contributed by atoms with Crippen molar-refractivity contribution in [1.29, 1.82) is 0 Å². The van der Waals surface area contributed by atoms with Crippen LogP contribution in [0.25, 0.3) is 11.1 Å². The third kappa shape index (κ3) is 7.86. The maximum Gasteiger partial charge on any atom is 0.251 e. The molecule has 260 valence electrons. The van der Waals surface area contributed by atoms with Gasteiger partial charge in [0.25, 0.3) is 5.91 Å². The molecule has 0 radical (unpaired) electrons. The summed E-state index contributed by atoms with van der Waals surface area (Å²) in [6.45, 7) is 2.47. The molecule has 0 saturated heterocycles. The number of hydrogen-bond donors (Lipinski definition) is 2. The lowest BCUT2D eigenvalue weighted by molar-refractivity contribution is -0.136. The van der Waals surface area contributed by atoms with E-state index in [1.165, 1.54) is 6.07 Å². The first-order valence-electron chi connectivity index (χ1n) is 17.6. The molecule has 4 aromatic rings. The normalized spacial score (nSPS) is 17.3. The van der Waals surface area contributed by atoms with Gasteiger partial charge < -0.3 is 20.9 Å². The van der Waals surface area contributed by atoms with Gasteiger partial charge >= 0.3 is 0 Å². The van der Waals surface area contributed by atoms with Gasteiger partial charge in [-0.2, -0.15) is 0 Å². The molecule has 6 rings (SSSR count). The molecule has 50 heavy (non-hydrogen) atoms. The molecular formula is C41H44ClFN4O3. The van der Waals surface area contributed by atoms with Crippen molar-refractivity contribution in [1.82, 2.24) is 5.32 Å². The molecule has 1 heterocycles. The fraction of sp³-hybridized carbons (Fsp3) is 0.341. The van der Waals surface area contributed by atoms with E-state index < -0.39 is 29.6 Å². The van der Waals surface area contributed by atoms with Crippen LogP contribution in [0.2, 0.25) is 5.02 Å². The monoisotopic (exact) mass is 694 g/mol. The van der Waals surface area contributed by atoms with Crippen LogP contribution in [-0.2, 0) is 20.9 Å². The Morgan fingerprint density at radius 1 is 0.920 bits per heavy atom. The second kappa shape index (κ2) is 15.9. The zero-order valence-electron chi connectivity index (χ0n) is 28.4. The third-order valence-corrected chi connectivity index (χ3v) is 10.5. The van der Waals surface area contributed by atoms with Gasteiger partial charge in [0.15, 0.2) is 0 Å². The smallest absolute Gasteiger partial charge is 0.251 e. The lowest BCUT2D eigenvalue weighted by Gasteiger charge is -2.34. The quantitative estimate of drug-likeness (QED) is 0.147. The molecule has 2 aliphatic rings. The number of para-hydroxylation sites is 3. The first-order chi connectivity index (χ1) is 24.2. The Kier molecular flexibility index (Phi) is 11.2. The zero-order chi connectivity index (χ0) is 35.2. The van der Waals surface area contributed by atoms with Gasteiger partial charge in [-0.05, 0) is 77.9 Å². The minimum atomic E-state index is -0.919. The highest BCUT2D eigenvalue weighted by Crippen LogP contribution is 2.39. The van der Waals surface area contributed by atoms with Crippen molar-refractivity contribution in [3.8, 4) is 11.1 Å². The van der Waals surface area contributed by atoms with E-state index >= 15 is 0 Å². The number of hydrogen-bond acceptors (Lipinski definition) is 4. The number of fused-ring (bicyclic) bond motifs is 1. The number of carbonyl (C=O) groups excluding carboxylic acids is 3. The number of nitrogens with one attached hydrogen (secondary N) is 1. The zero-order valence-corrected chi connectivity index (χ0v) is 29.1. The van der Waals surface area contributed by atoms with E-state index in [-0.39, 0.29) is 29.9 Å². The van der Waals surface area contributed by atoms with Crippen LogP contribution in [0, 0.1) is 23.6 Å². The van der Waals surface area contributed by atoms with E-state index in [4.69, 9.17) is 17.3 Å². The molecular weight excluding hydrogens is 651 g/mol. The molecule has 9 heteroatoms. The maximum atomic E-state index is 14.8. The van der Waals surface area contributed by atoms with Crippen molar-refractivity contribution in [3.05, 3.63) is 113 Å². The topological polar surface area (TPSA) is 95.7 Å².